The minimum absolute atomic E-state index is 0.00578. The van der Waals surface area contributed by atoms with Crippen LogP contribution in [0, 0.1) is 0 Å². The summed E-state index contributed by atoms with van der Waals surface area (Å²) in [5.74, 6) is 1.31. The number of hydrogen-bond donors (Lipinski definition) is 0. The maximum Gasteiger partial charge on any atom is 0.242 e. The molecular weight excluding hydrogens is 414 g/mol. The second kappa shape index (κ2) is 7.85. The molecule has 7 heteroatoms. The number of carbonyl (C=O) groups is 1. The van der Waals surface area contributed by atoms with Gasteiger partial charge in [0.05, 0.1) is 11.0 Å². The lowest BCUT2D eigenvalue weighted by molar-refractivity contribution is -0.132. The Balaban J connectivity index is 1.26. The number of nitrogens with zero attached hydrogens (tertiary/aromatic N) is 5. The monoisotopic (exact) mass is 437 g/mol. The van der Waals surface area contributed by atoms with Crippen LogP contribution < -0.4 is 5.43 Å². The Bertz CT molecular complexity index is 1500. The number of likely N-dealkylation sites (tertiary alicyclic amines) is 1. The van der Waals surface area contributed by atoms with E-state index in [-0.39, 0.29) is 23.8 Å². The zero-order chi connectivity index (χ0) is 22.4. The Kier molecular flexibility index (Phi) is 4.68. The van der Waals surface area contributed by atoms with Gasteiger partial charge in [-0.15, -0.1) is 10.2 Å². The maximum absolute atomic E-state index is 13.3. The molecule has 164 valence electrons. The Morgan fingerprint density at radius 2 is 1.48 bits per heavy atom. The van der Waals surface area contributed by atoms with Gasteiger partial charge in [0, 0.05) is 36.0 Å². The van der Waals surface area contributed by atoms with Crippen molar-refractivity contribution < 1.29 is 4.79 Å². The number of carbonyl (C=O) groups excluding carboxylic acids is 1. The average Bonchev–Trinajstić information content (AvgIpc) is 3.31. The molecule has 0 atom stereocenters. The van der Waals surface area contributed by atoms with E-state index >= 15 is 0 Å². The third-order valence-electron chi connectivity index (χ3n) is 6.73. The van der Waals surface area contributed by atoms with Crippen LogP contribution in [-0.4, -0.2) is 43.1 Å². The zero-order valence-electron chi connectivity index (χ0n) is 18.1. The van der Waals surface area contributed by atoms with Crippen LogP contribution in [-0.2, 0) is 11.3 Å². The number of pyridine rings is 2. The topological polar surface area (TPSA) is 72.5 Å². The highest BCUT2D eigenvalue weighted by atomic mass is 16.2. The van der Waals surface area contributed by atoms with Gasteiger partial charge in [0.15, 0.2) is 11.1 Å². The first-order valence-electron chi connectivity index (χ1n) is 11.3. The summed E-state index contributed by atoms with van der Waals surface area (Å²) in [6.45, 7) is 1.57. The van der Waals surface area contributed by atoms with E-state index in [1.54, 1.807) is 0 Å². The molecule has 33 heavy (non-hydrogen) atoms. The molecule has 4 heterocycles. The summed E-state index contributed by atoms with van der Waals surface area (Å²) in [4.78, 5) is 28.2. The summed E-state index contributed by atoms with van der Waals surface area (Å²) in [6.07, 6.45) is 3.70. The number of fused-ring (bicyclic) bond motifs is 3. The molecule has 3 aromatic heterocycles. The normalized spacial score (nSPS) is 15.0. The lowest BCUT2D eigenvalue weighted by Gasteiger charge is -2.31. The van der Waals surface area contributed by atoms with Crippen LogP contribution in [0.25, 0.3) is 27.5 Å². The van der Waals surface area contributed by atoms with Gasteiger partial charge in [-0.1, -0.05) is 30.3 Å². The number of para-hydroxylation sites is 2. The predicted molar refractivity (Wildman–Crippen MR) is 127 cm³/mol. The first-order valence-corrected chi connectivity index (χ1v) is 11.3. The maximum atomic E-state index is 13.3. The van der Waals surface area contributed by atoms with Crippen LogP contribution >= 0.6 is 0 Å². The van der Waals surface area contributed by atoms with E-state index in [0.29, 0.717) is 23.9 Å². The molecule has 1 amide bonds. The van der Waals surface area contributed by atoms with Crippen LogP contribution in [0.2, 0.25) is 0 Å². The SMILES string of the molecule is O=C(Cn1c2ccccc2c(=O)c2ccccc21)N1CCC(c2nnc3ccccn23)CC1. The van der Waals surface area contributed by atoms with Crippen LogP contribution in [0.15, 0.2) is 77.7 Å². The van der Waals surface area contributed by atoms with Gasteiger partial charge in [0.25, 0.3) is 0 Å². The third kappa shape index (κ3) is 3.28. The highest BCUT2D eigenvalue weighted by Crippen LogP contribution is 2.27. The molecular formula is C26H23N5O2. The predicted octanol–water partition coefficient (Wildman–Crippen LogP) is 3.60. The van der Waals surface area contributed by atoms with Crippen molar-refractivity contribution in [3.8, 4) is 0 Å². The average molecular weight is 438 g/mol. The van der Waals surface area contributed by atoms with Gasteiger partial charge in [-0.2, -0.15) is 0 Å². The Labute approximate surface area is 189 Å². The molecule has 0 unspecified atom stereocenters. The summed E-state index contributed by atoms with van der Waals surface area (Å²) < 4.78 is 4.02. The molecule has 0 N–H and O–H groups in total. The largest absolute Gasteiger partial charge is 0.341 e. The number of hydrogen-bond acceptors (Lipinski definition) is 4. The van der Waals surface area contributed by atoms with Gasteiger partial charge in [-0.05, 0) is 49.2 Å². The van der Waals surface area contributed by atoms with Crippen LogP contribution in [0.4, 0.5) is 0 Å². The highest BCUT2D eigenvalue weighted by Gasteiger charge is 2.27. The van der Waals surface area contributed by atoms with Gasteiger partial charge in [-0.3, -0.25) is 14.0 Å². The summed E-state index contributed by atoms with van der Waals surface area (Å²) in [7, 11) is 0. The van der Waals surface area contributed by atoms with E-state index in [1.165, 1.54) is 0 Å². The van der Waals surface area contributed by atoms with Crippen LogP contribution in [0.5, 0.6) is 0 Å². The number of aromatic nitrogens is 4. The Hall–Kier alpha value is -4.00. The van der Waals surface area contributed by atoms with Gasteiger partial charge < -0.3 is 9.47 Å². The molecule has 1 aliphatic rings. The van der Waals surface area contributed by atoms with Crippen molar-refractivity contribution in [2.75, 3.05) is 13.1 Å². The first kappa shape index (κ1) is 19.7. The molecule has 0 saturated carbocycles. The number of rotatable bonds is 3. The molecule has 7 nitrogen and oxygen atoms in total. The first-order chi connectivity index (χ1) is 16.2. The van der Waals surface area contributed by atoms with E-state index in [2.05, 4.69) is 10.2 Å². The highest BCUT2D eigenvalue weighted by molar-refractivity contribution is 5.94. The van der Waals surface area contributed by atoms with Crippen molar-refractivity contribution >= 4 is 33.4 Å². The van der Waals surface area contributed by atoms with Gasteiger partial charge in [0.2, 0.25) is 5.91 Å². The van der Waals surface area contributed by atoms with Crippen molar-refractivity contribution in [3.05, 3.63) is 89.0 Å². The lowest BCUT2D eigenvalue weighted by Crippen LogP contribution is -2.40. The molecule has 1 saturated heterocycles. The second-order valence-corrected chi connectivity index (χ2v) is 8.59. The van der Waals surface area contributed by atoms with E-state index in [4.69, 9.17) is 0 Å². The third-order valence-corrected chi connectivity index (χ3v) is 6.73. The summed E-state index contributed by atoms with van der Waals surface area (Å²) in [5, 5.41) is 9.96. The minimum atomic E-state index is 0.00578. The van der Waals surface area contributed by atoms with E-state index in [1.807, 2.05) is 86.8 Å². The van der Waals surface area contributed by atoms with Crippen molar-refractivity contribution in [3.63, 3.8) is 0 Å². The molecule has 0 bridgehead atoms. The van der Waals surface area contributed by atoms with E-state index in [0.717, 1.165) is 35.3 Å². The number of benzene rings is 2. The minimum Gasteiger partial charge on any atom is -0.341 e. The summed E-state index contributed by atoms with van der Waals surface area (Å²) in [6, 6.07) is 20.9. The lowest BCUT2D eigenvalue weighted by atomic mass is 9.96. The van der Waals surface area contributed by atoms with E-state index in [9.17, 15) is 9.59 Å². The number of amides is 1. The van der Waals surface area contributed by atoms with Gasteiger partial charge in [-0.25, -0.2) is 0 Å². The van der Waals surface area contributed by atoms with Crippen molar-refractivity contribution in [1.29, 1.82) is 0 Å². The number of piperidine rings is 1. The van der Waals surface area contributed by atoms with Crippen molar-refractivity contribution in [2.45, 2.75) is 25.3 Å². The Morgan fingerprint density at radius 1 is 0.848 bits per heavy atom. The molecule has 2 aromatic carbocycles. The zero-order valence-corrected chi connectivity index (χ0v) is 18.1. The van der Waals surface area contributed by atoms with Crippen LogP contribution in [0.3, 0.4) is 0 Å². The van der Waals surface area contributed by atoms with Crippen molar-refractivity contribution in [1.82, 2.24) is 24.1 Å². The summed E-state index contributed by atoms with van der Waals surface area (Å²) in [5.41, 5.74) is 2.44. The fraction of sp³-hybridized carbons (Fsp3) is 0.231. The van der Waals surface area contributed by atoms with Crippen molar-refractivity contribution in [2.24, 2.45) is 0 Å². The second-order valence-electron chi connectivity index (χ2n) is 8.59. The molecule has 0 radical (unpaired) electrons. The fourth-order valence-corrected chi connectivity index (χ4v) is 5.01. The fourth-order valence-electron chi connectivity index (χ4n) is 5.01. The van der Waals surface area contributed by atoms with Crippen LogP contribution in [0.1, 0.15) is 24.6 Å². The molecule has 5 aromatic rings. The molecule has 0 aliphatic carbocycles. The Morgan fingerprint density at radius 3 is 2.18 bits per heavy atom. The van der Waals surface area contributed by atoms with Gasteiger partial charge >= 0.3 is 0 Å². The molecule has 0 spiro atoms. The van der Waals surface area contributed by atoms with Gasteiger partial charge in [0.1, 0.15) is 12.4 Å². The van der Waals surface area contributed by atoms with E-state index < -0.39 is 0 Å². The smallest absolute Gasteiger partial charge is 0.242 e. The standard InChI is InChI=1S/C26H23N5O2/c32-24(29-15-12-18(13-16-29)26-28-27-23-11-5-6-14-30(23)26)17-31-21-9-3-1-7-19(21)25(33)20-8-2-4-10-22(20)31/h1-11,14,18H,12-13,15-17H2. The molecule has 1 aliphatic heterocycles. The molecule has 1 fully saturated rings. The quantitative estimate of drug-likeness (QED) is 0.404. The summed E-state index contributed by atoms with van der Waals surface area (Å²) >= 11 is 0. The molecule has 6 rings (SSSR count).